The highest BCUT2D eigenvalue weighted by atomic mass is 16.5. The van der Waals surface area contributed by atoms with Crippen LogP contribution in [0.4, 0.5) is 0 Å². The normalized spacial score (nSPS) is 10.1. The van der Waals surface area contributed by atoms with E-state index in [0.29, 0.717) is 6.42 Å². The van der Waals surface area contributed by atoms with Crippen LogP contribution in [0.15, 0.2) is 54.6 Å². The van der Waals surface area contributed by atoms with Crippen LogP contribution in [0.1, 0.15) is 24.0 Å². The molecule has 23 heavy (non-hydrogen) atoms. The van der Waals surface area contributed by atoms with Gasteiger partial charge in [0.25, 0.3) is 0 Å². The van der Waals surface area contributed by atoms with E-state index < -0.39 is 11.8 Å². The van der Waals surface area contributed by atoms with E-state index in [4.69, 9.17) is 9.47 Å². The quantitative estimate of drug-likeness (QED) is 0.554. The third-order valence-corrected chi connectivity index (χ3v) is 3.44. The van der Waals surface area contributed by atoms with Gasteiger partial charge in [0.1, 0.15) is 12.4 Å². The highest BCUT2D eigenvalue weighted by Crippen LogP contribution is 2.14. The number of ketones is 1. The van der Waals surface area contributed by atoms with Gasteiger partial charge in [-0.05, 0) is 36.1 Å². The van der Waals surface area contributed by atoms with Gasteiger partial charge in [-0.2, -0.15) is 0 Å². The molecule has 0 heterocycles. The number of Topliss-reactive ketones (excluding diaryl/α,β-unsaturated/α-hetero) is 1. The van der Waals surface area contributed by atoms with Gasteiger partial charge in [0.2, 0.25) is 5.78 Å². The molecule has 0 aromatic heterocycles. The van der Waals surface area contributed by atoms with Gasteiger partial charge in [-0.15, -0.1) is 0 Å². The van der Waals surface area contributed by atoms with Gasteiger partial charge in [0.15, 0.2) is 0 Å². The maximum absolute atomic E-state index is 11.8. The second kappa shape index (κ2) is 8.73. The third kappa shape index (κ3) is 5.58. The summed E-state index contributed by atoms with van der Waals surface area (Å²) in [5.74, 6) is -0.459. The third-order valence-electron chi connectivity index (χ3n) is 3.44. The zero-order chi connectivity index (χ0) is 16.5. The number of rotatable bonds is 8. The lowest BCUT2D eigenvalue weighted by Gasteiger charge is -2.05. The van der Waals surface area contributed by atoms with Crippen molar-refractivity contribution in [3.05, 3.63) is 65.7 Å². The Kier molecular flexibility index (Phi) is 6.36. The zero-order valence-corrected chi connectivity index (χ0v) is 13.2. The minimum absolute atomic E-state index is 0.126. The van der Waals surface area contributed by atoms with Crippen LogP contribution in [0.25, 0.3) is 0 Å². The van der Waals surface area contributed by atoms with Crippen molar-refractivity contribution in [2.75, 3.05) is 7.11 Å². The molecule has 0 fully saturated rings. The first-order valence-electron chi connectivity index (χ1n) is 7.56. The molecule has 4 nitrogen and oxygen atoms in total. The number of hydrogen-bond acceptors (Lipinski definition) is 4. The number of carbonyl (C=O) groups excluding carboxylic acids is 2. The molecule has 0 saturated carbocycles. The van der Waals surface area contributed by atoms with E-state index in [1.54, 1.807) is 7.11 Å². The van der Waals surface area contributed by atoms with E-state index in [2.05, 4.69) is 0 Å². The van der Waals surface area contributed by atoms with Crippen molar-refractivity contribution >= 4 is 11.8 Å². The van der Waals surface area contributed by atoms with E-state index in [9.17, 15) is 9.59 Å². The Morgan fingerprint density at radius 3 is 2.43 bits per heavy atom. The number of hydrogen-bond donors (Lipinski definition) is 0. The molecule has 0 amide bonds. The SMILES string of the molecule is COc1cccc(CCCC(=O)C(=O)OCc2ccccc2)c1. The maximum atomic E-state index is 11.8. The molecule has 0 aliphatic rings. The van der Waals surface area contributed by atoms with Crippen molar-refractivity contribution in [3.8, 4) is 5.75 Å². The molecule has 0 spiro atoms. The van der Waals surface area contributed by atoms with Crippen LogP contribution in [0, 0.1) is 0 Å². The predicted molar refractivity (Wildman–Crippen MR) is 87.2 cm³/mol. The Morgan fingerprint density at radius 2 is 1.70 bits per heavy atom. The van der Waals surface area contributed by atoms with Crippen LogP contribution < -0.4 is 4.74 Å². The van der Waals surface area contributed by atoms with Gasteiger partial charge in [0, 0.05) is 6.42 Å². The number of aryl methyl sites for hydroxylation is 1. The topological polar surface area (TPSA) is 52.6 Å². The van der Waals surface area contributed by atoms with Crippen molar-refractivity contribution in [2.24, 2.45) is 0 Å². The Hall–Kier alpha value is -2.62. The van der Waals surface area contributed by atoms with Crippen LogP contribution in [-0.4, -0.2) is 18.9 Å². The summed E-state index contributed by atoms with van der Waals surface area (Å²) in [5, 5.41) is 0. The summed E-state index contributed by atoms with van der Waals surface area (Å²) in [6, 6.07) is 17.0. The fourth-order valence-corrected chi connectivity index (χ4v) is 2.19. The fourth-order valence-electron chi connectivity index (χ4n) is 2.19. The van der Waals surface area contributed by atoms with E-state index >= 15 is 0 Å². The van der Waals surface area contributed by atoms with Gasteiger partial charge >= 0.3 is 5.97 Å². The van der Waals surface area contributed by atoms with E-state index in [1.807, 2.05) is 54.6 Å². The summed E-state index contributed by atoms with van der Waals surface area (Å²) in [6.45, 7) is 0.126. The summed E-state index contributed by atoms with van der Waals surface area (Å²) in [6.07, 6.45) is 1.51. The first-order valence-corrected chi connectivity index (χ1v) is 7.56. The molecule has 0 aliphatic carbocycles. The summed E-state index contributed by atoms with van der Waals surface area (Å²) in [5.41, 5.74) is 1.94. The molecular formula is C19H20O4. The Balaban J connectivity index is 1.72. The van der Waals surface area contributed by atoms with Crippen molar-refractivity contribution in [1.82, 2.24) is 0 Å². The van der Waals surface area contributed by atoms with E-state index in [0.717, 1.165) is 23.3 Å². The number of ether oxygens (including phenoxy) is 2. The first kappa shape index (κ1) is 16.7. The first-order chi connectivity index (χ1) is 11.2. The second-order valence-corrected chi connectivity index (χ2v) is 5.19. The molecule has 0 radical (unpaired) electrons. The van der Waals surface area contributed by atoms with Gasteiger partial charge in [0.05, 0.1) is 7.11 Å². The van der Waals surface area contributed by atoms with Gasteiger partial charge in [-0.25, -0.2) is 4.79 Å². The molecule has 0 atom stereocenters. The standard InChI is InChI=1S/C19H20O4/c1-22-17-11-5-9-15(13-17)10-6-12-18(20)19(21)23-14-16-7-3-2-4-8-16/h2-5,7-9,11,13H,6,10,12,14H2,1H3. The molecule has 0 aliphatic heterocycles. The molecule has 2 aromatic rings. The molecule has 0 bridgehead atoms. The minimum Gasteiger partial charge on any atom is -0.497 e. The molecule has 120 valence electrons. The maximum Gasteiger partial charge on any atom is 0.374 e. The molecule has 4 heteroatoms. The number of benzene rings is 2. The van der Waals surface area contributed by atoms with E-state index in [-0.39, 0.29) is 13.0 Å². The van der Waals surface area contributed by atoms with Crippen molar-refractivity contribution in [3.63, 3.8) is 0 Å². The number of carbonyl (C=O) groups is 2. The van der Waals surface area contributed by atoms with Crippen LogP contribution >= 0.6 is 0 Å². The van der Waals surface area contributed by atoms with Crippen LogP contribution in [-0.2, 0) is 27.4 Å². The lowest BCUT2D eigenvalue weighted by molar-refractivity contribution is -0.154. The molecule has 0 N–H and O–H groups in total. The highest BCUT2D eigenvalue weighted by Gasteiger charge is 2.15. The molecule has 0 unspecified atom stereocenters. The van der Waals surface area contributed by atoms with E-state index in [1.165, 1.54) is 0 Å². The van der Waals surface area contributed by atoms with Crippen LogP contribution in [0.5, 0.6) is 5.75 Å². The fraction of sp³-hybridized carbons (Fsp3) is 0.263. The Bertz CT molecular complexity index is 649. The summed E-state index contributed by atoms with van der Waals surface area (Å²) >= 11 is 0. The summed E-state index contributed by atoms with van der Waals surface area (Å²) in [7, 11) is 1.62. The smallest absolute Gasteiger partial charge is 0.374 e. The summed E-state index contributed by atoms with van der Waals surface area (Å²) < 4.78 is 10.2. The monoisotopic (exact) mass is 312 g/mol. The van der Waals surface area contributed by atoms with Gasteiger partial charge in [-0.3, -0.25) is 4.79 Å². The predicted octanol–water partition coefficient (Wildman–Crippen LogP) is 3.33. The highest BCUT2D eigenvalue weighted by molar-refractivity contribution is 6.33. The molecule has 2 aromatic carbocycles. The van der Waals surface area contributed by atoms with Crippen LogP contribution in [0.2, 0.25) is 0 Å². The van der Waals surface area contributed by atoms with Crippen molar-refractivity contribution < 1.29 is 19.1 Å². The number of esters is 1. The molecular weight excluding hydrogens is 292 g/mol. The Labute approximate surface area is 136 Å². The number of methoxy groups -OCH3 is 1. The molecule has 0 saturated heterocycles. The van der Waals surface area contributed by atoms with Gasteiger partial charge in [-0.1, -0.05) is 42.5 Å². The van der Waals surface area contributed by atoms with Crippen molar-refractivity contribution in [1.29, 1.82) is 0 Å². The zero-order valence-electron chi connectivity index (χ0n) is 13.2. The van der Waals surface area contributed by atoms with Crippen LogP contribution in [0.3, 0.4) is 0 Å². The molecule has 2 rings (SSSR count). The average molecular weight is 312 g/mol. The second-order valence-electron chi connectivity index (χ2n) is 5.19. The summed E-state index contributed by atoms with van der Waals surface area (Å²) in [4.78, 5) is 23.4. The lowest BCUT2D eigenvalue weighted by Crippen LogP contribution is -2.17. The van der Waals surface area contributed by atoms with Crippen molar-refractivity contribution in [2.45, 2.75) is 25.9 Å². The average Bonchev–Trinajstić information content (AvgIpc) is 2.60. The largest absolute Gasteiger partial charge is 0.497 e. The minimum atomic E-state index is -0.764. The Morgan fingerprint density at radius 1 is 0.957 bits per heavy atom. The lowest BCUT2D eigenvalue weighted by atomic mass is 10.1. The van der Waals surface area contributed by atoms with Gasteiger partial charge < -0.3 is 9.47 Å².